The number of hydrogen-bond donors (Lipinski definition) is 4. The molecule has 0 atom stereocenters. The lowest BCUT2D eigenvalue weighted by Crippen LogP contribution is -2.39. The van der Waals surface area contributed by atoms with Crippen LogP contribution in [0.1, 0.15) is 18.9 Å². The van der Waals surface area contributed by atoms with Gasteiger partial charge >= 0.3 is 0 Å². The van der Waals surface area contributed by atoms with Crippen LogP contribution < -0.4 is 23.2 Å². The van der Waals surface area contributed by atoms with E-state index in [2.05, 4.69) is 10.1 Å². The summed E-state index contributed by atoms with van der Waals surface area (Å²) < 4.78 is 13.8. The second-order valence-corrected chi connectivity index (χ2v) is 6.85. The van der Waals surface area contributed by atoms with Crippen LogP contribution >= 0.6 is 23.2 Å². The van der Waals surface area contributed by atoms with Gasteiger partial charge < -0.3 is 17.3 Å². The van der Waals surface area contributed by atoms with Gasteiger partial charge in [-0.1, -0.05) is 35.4 Å². The lowest BCUT2D eigenvalue weighted by atomic mass is 10.0. The number of benzene rings is 1. The largest absolute Gasteiger partial charge is 0.396 e. The highest BCUT2D eigenvalue weighted by Gasteiger charge is 2.16. The predicted molar refractivity (Wildman–Crippen MR) is 119 cm³/mol. The first-order valence-electron chi connectivity index (χ1n) is 8.55. The standard InChI is InChI=1S/C19H22Cl2FN7/c1-2-3-4-13(22)5-6-29(26)19(28-25)14-7-12(10-27-18(14)24)11-8-15(20)17(23)16(21)9-11/h2-3,5,7-10H,4,6,23,25-26H2,1H3,(H2,24,27)/b3-2-,13-5+,28-19-. The lowest BCUT2D eigenvalue weighted by Gasteiger charge is -2.20. The average Bonchev–Trinajstić information content (AvgIpc) is 2.70. The molecule has 29 heavy (non-hydrogen) atoms. The maximum Gasteiger partial charge on any atom is 0.173 e. The van der Waals surface area contributed by atoms with Crippen molar-refractivity contribution in [3.05, 3.63) is 64.1 Å². The molecule has 154 valence electrons. The number of hydrazone groups is 1. The summed E-state index contributed by atoms with van der Waals surface area (Å²) in [5.41, 5.74) is 13.7. The number of amidine groups is 1. The predicted octanol–water partition coefficient (Wildman–Crippen LogP) is 3.84. The normalized spacial score (nSPS) is 12.6. The fourth-order valence-electron chi connectivity index (χ4n) is 2.46. The monoisotopic (exact) mass is 437 g/mol. The van der Waals surface area contributed by atoms with Crippen molar-refractivity contribution in [1.82, 2.24) is 9.99 Å². The van der Waals surface area contributed by atoms with Crippen LogP contribution in [-0.4, -0.2) is 22.4 Å². The summed E-state index contributed by atoms with van der Waals surface area (Å²) in [4.78, 5) is 4.17. The molecule has 0 aliphatic heterocycles. The van der Waals surface area contributed by atoms with E-state index in [-0.39, 0.29) is 36.1 Å². The van der Waals surface area contributed by atoms with E-state index in [1.165, 1.54) is 11.1 Å². The molecule has 0 saturated carbocycles. The third-order valence-corrected chi connectivity index (χ3v) is 4.65. The Hall–Kier alpha value is -2.81. The number of nitrogen functional groups attached to an aromatic ring is 2. The van der Waals surface area contributed by atoms with Gasteiger partial charge in [0.2, 0.25) is 0 Å². The SMILES string of the molecule is C/C=C\C/C(F)=C\CN(N)/C(=N\N)c1cc(-c2cc(Cl)c(N)c(Cl)c2)cnc1N. The number of aromatic nitrogens is 1. The average molecular weight is 438 g/mol. The van der Waals surface area contributed by atoms with Gasteiger partial charge in [-0.15, -0.1) is 0 Å². The van der Waals surface area contributed by atoms with Crippen molar-refractivity contribution in [2.75, 3.05) is 18.0 Å². The molecule has 2 aromatic rings. The number of allylic oxidation sites excluding steroid dienone is 3. The van der Waals surface area contributed by atoms with Gasteiger partial charge in [-0.2, -0.15) is 5.10 Å². The van der Waals surface area contributed by atoms with Crippen LogP contribution in [0.15, 0.2) is 53.6 Å². The van der Waals surface area contributed by atoms with Crippen molar-refractivity contribution in [2.24, 2.45) is 16.8 Å². The molecule has 0 saturated heterocycles. The summed E-state index contributed by atoms with van der Waals surface area (Å²) in [7, 11) is 0. The number of nitrogens with two attached hydrogens (primary N) is 4. The minimum absolute atomic E-state index is 0.0304. The topological polar surface area (TPSA) is 133 Å². The Morgan fingerprint density at radius 1 is 1.21 bits per heavy atom. The van der Waals surface area contributed by atoms with Crippen LogP contribution in [0.5, 0.6) is 0 Å². The van der Waals surface area contributed by atoms with E-state index in [0.29, 0.717) is 26.7 Å². The van der Waals surface area contributed by atoms with Gasteiger partial charge in [0.25, 0.3) is 0 Å². The van der Waals surface area contributed by atoms with E-state index in [4.69, 9.17) is 46.4 Å². The molecule has 0 aliphatic rings. The number of hydrogen-bond acceptors (Lipinski definition) is 6. The van der Waals surface area contributed by atoms with Crippen molar-refractivity contribution >= 4 is 40.5 Å². The molecule has 7 nitrogen and oxygen atoms in total. The Labute approximate surface area is 178 Å². The minimum atomic E-state index is -0.332. The zero-order valence-corrected chi connectivity index (χ0v) is 17.3. The molecule has 1 aromatic carbocycles. The van der Waals surface area contributed by atoms with Crippen LogP contribution in [0.2, 0.25) is 10.0 Å². The van der Waals surface area contributed by atoms with Crippen molar-refractivity contribution in [3.8, 4) is 11.1 Å². The molecule has 0 amide bonds. The van der Waals surface area contributed by atoms with Crippen LogP contribution in [0, 0.1) is 0 Å². The first-order chi connectivity index (χ1) is 13.8. The maximum atomic E-state index is 13.8. The molecule has 1 aromatic heterocycles. The molecule has 0 radical (unpaired) electrons. The molecule has 0 fully saturated rings. The summed E-state index contributed by atoms with van der Waals surface area (Å²) in [6, 6.07) is 4.99. The maximum absolute atomic E-state index is 13.8. The molecule has 0 unspecified atom stereocenters. The van der Waals surface area contributed by atoms with Crippen molar-refractivity contribution in [1.29, 1.82) is 0 Å². The van der Waals surface area contributed by atoms with E-state index in [1.54, 1.807) is 36.5 Å². The van der Waals surface area contributed by atoms with Gasteiger partial charge in [-0.05, 0) is 36.8 Å². The Bertz CT molecular complexity index is 950. The smallest absolute Gasteiger partial charge is 0.173 e. The first kappa shape index (κ1) is 22.5. The summed E-state index contributed by atoms with van der Waals surface area (Å²) in [6.45, 7) is 1.84. The Morgan fingerprint density at radius 3 is 2.45 bits per heavy atom. The van der Waals surface area contributed by atoms with Gasteiger partial charge in [0, 0.05) is 18.2 Å². The molecular weight excluding hydrogens is 416 g/mol. The lowest BCUT2D eigenvalue weighted by molar-refractivity contribution is 0.479. The van der Waals surface area contributed by atoms with Crippen molar-refractivity contribution in [3.63, 3.8) is 0 Å². The minimum Gasteiger partial charge on any atom is -0.396 e. The third kappa shape index (κ3) is 5.60. The highest BCUT2D eigenvalue weighted by atomic mass is 35.5. The van der Waals surface area contributed by atoms with Gasteiger partial charge in [-0.3, -0.25) is 5.01 Å². The zero-order chi connectivity index (χ0) is 21.6. The van der Waals surface area contributed by atoms with E-state index in [1.807, 2.05) is 6.92 Å². The number of pyridine rings is 1. The van der Waals surface area contributed by atoms with Gasteiger partial charge in [0.1, 0.15) is 11.6 Å². The second kappa shape index (κ2) is 10.1. The number of anilines is 2. The summed E-state index contributed by atoms with van der Waals surface area (Å²) in [6.07, 6.45) is 6.50. The van der Waals surface area contributed by atoms with Crippen molar-refractivity contribution in [2.45, 2.75) is 13.3 Å². The van der Waals surface area contributed by atoms with Gasteiger partial charge in [0.15, 0.2) is 5.84 Å². The molecule has 0 spiro atoms. The Kier molecular flexibility index (Phi) is 7.83. The highest BCUT2D eigenvalue weighted by molar-refractivity contribution is 6.39. The van der Waals surface area contributed by atoms with Crippen molar-refractivity contribution < 1.29 is 4.39 Å². The Morgan fingerprint density at radius 2 is 1.86 bits per heavy atom. The molecule has 1 heterocycles. The van der Waals surface area contributed by atoms with Crippen LogP contribution in [0.3, 0.4) is 0 Å². The molecular formula is C19H22Cl2FN7. The summed E-state index contributed by atoms with van der Waals surface area (Å²) in [5.74, 6) is 11.5. The van der Waals surface area contributed by atoms with E-state index < -0.39 is 0 Å². The van der Waals surface area contributed by atoms with E-state index in [0.717, 1.165) is 0 Å². The van der Waals surface area contributed by atoms with E-state index >= 15 is 0 Å². The molecule has 8 N–H and O–H groups in total. The number of rotatable bonds is 6. The number of hydrazine groups is 1. The first-order valence-corrected chi connectivity index (χ1v) is 9.30. The summed E-state index contributed by atoms with van der Waals surface area (Å²) >= 11 is 12.2. The summed E-state index contributed by atoms with van der Waals surface area (Å²) in [5, 5.41) is 5.49. The fourth-order valence-corrected chi connectivity index (χ4v) is 2.95. The second-order valence-electron chi connectivity index (χ2n) is 6.04. The van der Waals surface area contributed by atoms with Gasteiger partial charge in [0.05, 0.1) is 27.8 Å². The number of nitrogens with zero attached hydrogens (tertiary/aromatic N) is 3. The van der Waals surface area contributed by atoms with Crippen LogP contribution in [0.25, 0.3) is 11.1 Å². The Balaban J connectivity index is 2.36. The third-order valence-electron chi connectivity index (χ3n) is 4.02. The highest BCUT2D eigenvalue weighted by Crippen LogP contribution is 2.34. The zero-order valence-electron chi connectivity index (χ0n) is 15.7. The van der Waals surface area contributed by atoms with Crippen LogP contribution in [-0.2, 0) is 0 Å². The quantitative estimate of drug-likeness (QED) is 0.135. The van der Waals surface area contributed by atoms with Crippen LogP contribution in [0.4, 0.5) is 15.9 Å². The molecule has 0 aliphatic carbocycles. The molecule has 10 heteroatoms. The van der Waals surface area contributed by atoms with E-state index in [9.17, 15) is 4.39 Å². The fraction of sp³-hybridized carbons (Fsp3) is 0.158. The molecule has 2 rings (SSSR count). The number of halogens is 3. The van der Waals surface area contributed by atoms with Gasteiger partial charge in [-0.25, -0.2) is 15.2 Å². The molecule has 0 bridgehead atoms.